The first kappa shape index (κ1) is 49.3. The molecule has 2 aliphatic heterocycles. The van der Waals surface area contributed by atoms with Gasteiger partial charge in [0.05, 0.1) is 10.1 Å². The zero-order valence-corrected chi connectivity index (χ0v) is 41.6. The summed E-state index contributed by atoms with van der Waals surface area (Å²) >= 11 is 14.2. The zero-order chi connectivity index (χ0) is 44.1. The predicted molar refractivity (Wildman–Crippen MR) is 252 cm³/mol. The van der Waals surface area contributed by atoms with Crippen molar-refractivity contribution in [3.8, 4) is 0 Å². The molecule has 4 aromatic rings. The van der Waals surface area contributed by atoms with Crippen molar-refractivity contribution in [1.82, 2.24) is 4.58 Å². The second-order valence-corrected chi connectivity index (χ2v) is 20.0. The van der Waals surface area contributed by atoms with Crippen LogP contribution < -0.4 is 49.2 Å². The van der Waals surface area contributed by atoms with Crippen molar-refractivity contribution in [2.24, 2.45) is 0 Å². The Bertz CT molecular complexity index is 2500. The third-order valence-electron chi connectivity index (χ3n) is 12.1. The molecule has 0 unspecified atom stereocenters. The number of benzene rings is 4. The summed E-state index contributed by atoms with van der Waals surface area (Å²) in [6, 6.07) is 33.0. The van der Waals surface area contributed by atoms with E-state index in [1.807, 2.05) is 36.4 Å². The summed E-state index contributed by atoms with van der Waals surface area (Å²) in [4.78, 5) is 4.65. The Hall–Kier alpha value is -3.17. The Kier molecular flexibility index (Phi) is 16.8. The summed E-state index contributed by atoms with van der Waals surface area (Å²) in [5.41, 5.74) is 11.5. The van der Waals surface area contributed by atoms with E-state index >= 15 is 0 Å². The molecule has 0 spiro atoms. The van der Waals surface area contributed by atoms with Gasteiger partial charge in [-0.15, -0.1) is 0 Å². The van der Waals surface area contributed by atoms with Gasteiger partial charge in [0.1, 0.15) is 0 Å². The molecule has 1 saturated carbocycles. The molecule has 0 N–H and O–H groups in total. The molecule has 0 saturated heterocycles. The molecule has 0 aromatic heterocycles. The van der Waals surface area contributed by atoms with Crippen molar-refractivity contribution in [1.29, 1.82) is 0 Å². The Morgan fingerprint density at radius 2 is 1.16 bits per heavy atom. The number of halogens is 2. The molecule has 0 bridgehead atoms. The molecule has 0 amide bonds. The van der Waals surface area contributed by atoms with E-state index in [0.29, 0.717) is 28.8 Å². The van der Waals surface area contributed by atoms with Gasteiger partial charge < -0.3 is 19.6 Å². The van der Waals surface area contributed by atoms with Crippen LogP contribution >= 0.6 is 35.2 Å². The third kappa shape index (κ3) is 11.3. The minimum atomic E-state index is -4.31. The second-order valence-electron chi connectivity index (χ2n) is 16.9. The van der Waals surface area contributed by atoms with Gasteiger partial charge in [-0.2, -0.15) is 8.91 Å². The number of hydrogen-bond acceptors (Lipinski definition) is 9. The summed E-state index contributed by atoms with van der Waals surface area (Å²) in [6.07, 6.45) is 13.2. The van der Waals surface area contributed by atoms with Crippen LogP contribution in [0.25, 0.3) is 0 Å². The average molecular weight is 937 g/mol. The zero-order valence-electron chi connectivity index (χ0n) is 36.5. The first-order chi connectivity index (χ1) is 29.7. The largest absolute Gasteiger partial charge is 1.00 e. The van der Waals surface area contributed by atoms with Crippen molar-refractivity contribution in [2.45, 2.75) is 77.0 Å². The van der Waals surface area contributed by atoms with E-state index in [2.05, 4.69) is 136 Å². The van der Waals surface area contributed by atoms with Gasteiger partial charge in [-0.05, 0) is 98.2 Å². The van der Waals surface area contributed by atoms with Gasteiger partial charge in [-0.25, -0.2) is 8.42 Å². The van der Waals surface area contributed by atoms with Gasteiger partial charge in [0, 0.05) is 116 Å². The topological polar surface area (TPSA) is 108 Å². The van der Waals surface area contributed by atoms with Crippen LogP contribution in [-0.2, 0) is 30.3 Å². The van der Waals surface area contributed by atoms with Crippen molar-refractivity contribution < 1.29 is 57.2 Å². The van der Waals surface area contributed by atoms with Gasteiger partial charge in [0.15, 0.2) is 0 Å². The summed E-state index contributed by atoms with van der Waals surface area (Å²) in [6.45, 7) is 10.2. The molecule has 4 aromatic carbocycles. The number of fused-ring (bicyclic) bond motifs is 2. The van der Waals surface area contributed by atoms with Crippen LogP contribution in [0.4, 0.5) is 22.7 Å². The maximum absolute atomic E-state index is 11.5. The summed E-state index contributed by atoms with van der Waals surface area (Å²) in [5, 5.41) is 15.2. The molecule has 9 nitrogen and oxygen atoms in total. The number of anilines is 2. The fourth-order valence-corrected chi connectivity index (χ4v) is 10.4. The first-order valence-corrected chi connectivity index (χ1v) is 24.2. The number of rotatable bonds is 16. The molecule has 326 valence electrons. The fourth-order valence-electron chi connectivity index (χ4n) is 9.06. The minimum Gasteiger partial charge on any atom is -0.748 e. The minimum absolute atomic E-state index is 0. The van der Waals surface area contributed by atoms with Gasteiger partial charge in [-0.3, -0.25) is 5.04 Å². The molecule has 7 rings (SSSR count). The maximum atomic E-state index is 11.5. The van der Waals surface area contributed by atoms with E-state index in [1.54, 1.807) is 0 Å². The van der Waals surface area contributed by atoms with Gasteiger partial charge >= 0.3 is 29.6 Å². The van der Waals surface area contributed by atoms with Crippen LogP contribution in [0.3, 0.4) is 0 Å². The molecular weight excluding hydrogens is 885 g/mol. The number of nitrogens with zero attached hydrogens (tertiary/aromatic N) is 3. The molecule has 0 atom stereocenters. The summed E-state index contributed by atoms with van der Waals surface area (Å²) in [7, 11) is -4.31. The van der Waals surface area contributed by atoms with Gasteiger partial charge in [0.2, 0.25) is 17.1 Å². The Morgan fingerprint density at radius 3 is 1.60 bits per heavy atom. The molecule has 1 fully saturated rings. The SMILES string of the molecule is CC1(C)/C(=C\C=C2/CC/C(=C\C=C3\N(CCCCS(=O)(=O)[O-])c4ccc(Cl)cc4C3(C)C)C2=[N+](c2ccccc2)c2ccccc2)N(CCCCSOO[O-])c2ccc(Cl)cc21.[Na+]. The molecule has 3 aliphatic rings. The maximum Gasteiger partial charge on any atom is 1.00 e. The van der Waals surface area contributed by atoms with E-state index in [9.17, 15) is 18.2 Å². The second kappa shape index (κ2) is 21.4. The molecule has 0 radical (unpaired) electrons. The monoisotopic (exact) mass is 935 g/mol. The molecule has 63 heavy (non-hydrogen) atoms. The smallest absolute Gasteiger partial charge is 0.748 e. The Morgan fingerprint density at radius 1 is 0.698 bits per heavy atom. The van der Waals surface area contributed by atoms with Crippen LogP contribution in [0.2, 0.25) is 10.0 Å². The number of hydrogen-bond donors (Lipinski definition) is 0. The van der Waals surface area contributed by atoms with E-state index in [-0.39, 0.29) is 47.1 Å². The van der Waals surface area contributed by atoms with E-state index in [1.165, 1.54) is 22.4 Å². The molecule has 1 aliphatic carbocycles. The quantitative estimate of drug-likeness (QED) is 0.0209. The van der Waals surface area contributed by atoms with Gasteiger partial charge in [-0.1, -0.05) is 99.4 Å². The van der Waals surface area contributed by atoms with Crippen LogP contribution in [0, 0.1) is 0 Å². The molecule has 2 heterocycles. The fraction of sp³-hybridized carbons (Fsp3) is 0.327. The van der Waals surface area contributed by atoms with E-state index in [0.717, 1.165) is 84.0 Å². The van der Waals surface area contributed by atoms with Crippen LogP contribution in [0.15, 0.2) is 144 Å². The van der Waals surface area contributed by atoms with Crippen LogP contribution in [0.5, 0.6) is 0 Å². The van der Waals surface area contributed by atoms with Crippen LogP contribution in [0.1, 0.15) is 77.3 Å². The first-order valence-electron chi connectivity index (χ1n) is 21.0. The van der Waals surface area contributed by atoms with Crippen LogP contribution in [-0.4, -0.2) is 43.3 Å². The Balaban J connectivity index is 0.00000661. The third-order valence-corrected chi connectivity index (χ3v) is 13.9. The average Bonchev–Trinajstić information content (AvgIpc) is 3.80. The summed E-state index contributed by atoms with van der Waals surface area (Å²) < 4.78 is 41.3. The van der Waals surface area contributed by atoms with Crippen molar-refractivity contribution >= 4 is 73.8 Å². The number of para-hydroxylation sites is 2. The normalized spacial score (nSPS) is 19.0. The van der Waals surface area contributed by atoms with E-state index < -0.39 is 15.5 Å². The molecule has 14 heteroatoms. The van der Waals surface area contributed by atoms with Gasteiger partial charge in [0.25, 0.3) is 0 Å². The molecular formula is C49H52Cl2N3NaO6S2. The number of allylic oxidation sites excluding steroid dienone is 8. The Labute approximate surface area is 408 Å². The van der Waals surface area contributed by atoms with E-state index in [4.69, 9.17) is 23.2 Å². The van der Waals surface area contributed by atoms with Crippen molar-refractivity contribution in [3.63, 3.8) is 0 Å². The standard InChI is InChI=1S/C49H53Cl2N3O6S2.Na/c1-48(2)41-33-37(50)23-25-43(41)52(29-11-13-31-61-60-59-55)45(48)27-21-35-19-20-36(47(35)54(39-15-7-5-8-16-39)40-17-9-6-10-18-40)22-28-46-49(3,4)42-34-38(51)24-26-44(42)53(46)30-12-14-32-62(56,57)58;/h5-10,15-18,21-28,33-34H,11-14,19-20,29-32H2,1-4H3,(H-,55,56,57,58);/q;+1/p-1. The number of unbranched alkanes of at least 4 members (excludes halogenated alkanes) is 2. The van der Waals surface area contributed by atoms with Crippen molar-refractivity contribution in [2.75, 3.05) is 34.4 Å². The predicted octanol–water partition coefficient (Wildman–Crippen LogP) is 8.26. The van der Waals surface area contributed by atoms with Crippen molar-refractivity contribution in [3.05, 3.63) is 165 Å². The summed E-state index contributed by atoms with van der Waals surface area (Å²) in [5.74, 6) is 0.247.